The van der Waals surface area contributed by atoms with Crippen LogP contribution in [0.15, 0.2) is 29.4 Å². The average molecular weight is 376 g/mol. The number of benzene rings is 1. The second kappa shape index (κ2) is 9.38. The molecule has 140 valence electrons. The molecule has 1 N–H and O–H groups in total. The molecule has 0 saturated carbocycles. The van der Waals surface area contributed by atoms with Gasteiger partial charge in [0.15, 0.2) is 5.16 Å². The number of esters is 1. The van der Waals surface area contributed by atoms with E-state index in [9.17, 15) is 9.59 Å². The first-order valence-electron chi connectivity index (χ1n) is 8.44. The maximum atomic E-state index is 12.3. The smallest absolute Gasteiger partial charge is 0.313 e. The number of carbonyl (C=O) groups excluding carboxylic acids is 2. The van der Waals surface area contributed by atoms with Crippen LogP contribution in [-0.4, -0.2) is 38.5 Å². The first kappa shape index (κ1) is 20.0. The summed E-state index contributed by atoms with van der Waals surface area (Å²) < 4.78 is 6.63. The molecule has 0 spiro atoms. The van der Waals surface area contributed by atoms with E-state index in [2.05, 4.69) is 15.5 Å². The summed E-state index contributed by atoms with van der Waals surface area (Å²) in [4.78, 5) is 23.9. The van der Waals surface area contributed by atoms with Gasteiger partial charge >= 0.3 is 5.97 Å². The van der Waals surface area contributed by atoms with Crippen LogP contribution in [0.5, 0.6) is 0 Å². The summed E-state index contributed by atoms with van der Waals surface area (Å²) in [6, 6.07) is 8.03. The van der Waals surface area contributed by atoms with Crippen LogP contribution >= 0.6 is 11.8 Å². The Kier molecular flexibility index (Phi) is 7.20. The molecule has 0 unspecified atom stereocenters. The van der Waals surface area contributed by atoms with Crippen LogP contribution in [0.1, 0.15) is 30.8 Å². The number of nitrogens with zero attached hydrogens (tertiary/aromatic N) is 3. The number of aromatic nitrogens is 3. The van der Waals surface area contributed by atoms with Crippen molar-refractivity contribution >= 4 is 23.6 Å². The Labute approximate surface area is 157 Å². The van der Waals surface area contributed by atoms with E-state index in [0.717, 1.165) is 5.56 Å². The highest BCUT2D eigenvalue weighted by atomic mass is 32.2. The SMILES string of the molecule is CCOC(=O)Cc1nnc(S[C@@H](C)C(=O)NCc2ccc(C)cc2)n1C. The lowest BCUT2D eigenvalue weighted by atomic mass is 10.1. The van der Waals surface area contributed by atoms with Gasteiger partial charge in [0.2, 0.25) is 5.91 Å². The molecular weight excluding hydrogens is 352 g/mol. The Bertz CT molecular complexity index is 758. The van der Waals surface area contributed by atoms with Gasteiger partial charge in [0, 0.05) is 13.6 Å². The number of aryl methyl sites for hydroxylation is 1. The van der Waals surface area contributed by atoms with Crippen molar-refractivity contribution in [2.75, 3.05) is 6.61 Å². The largest absolute Gasteiger partial charge is 0.466 e. The first-order valence-corrected chi connectivity index (χ1v) is 9.32. The topological polar surface area (TPSA) is 86.1 Å². The second-order valence-electron chi connectivity index (χ2n) is 5.90. The number of carbonyl (C=O) groups is 2. The average Bonchev–Trinajstić information content (AvgIpc) is 2.94. The van der Waals surface area contributed by atoms with Crippen molar-refractivity contribution in [3.05, 3.63) is 41.2 Å². The van der Waals surface area contributed by atoms with Gasteiger partial charge in [0.05, 0.1) is 11.9 Å². The molecule has 0 aliphatic heterocycles. The van der Waals surface area contributed by atoms with Gasteiger partial charge in [-0.3, -0.25) is 9.59 Å². The van der Waals surface area contributed by atoms with Gasteiger partial charge in [0.25, 0.3) is 0 Å². The van der Waals surface area contributed by atoms with E-state index in [0.29, 0.717) is 24.1 Å². The molecular formula is C18H24N4O3S. The van der Waals surface area contributed by atoms with Gasteiger partial charge in [-0.1, -0.05) is 41.6 Å². The minimum Gasteiger partial charge on any atom is -0.466 e. The minimum atomic E-state index is -0.344. The predicted molar refractivity (Wildman–Crippen MR) is 99.7 cm³/mol. The third-order valence-electron chi connectivity index (χ3n) is 3.77. The number of hydrogen-bond donors (Lipinski definition) is 1. The summed E-state index contributed by atoms with van der Waals surface area (Å²) in [5, 5.41) is 11.3. The molecule has 1 aromatic carbocycles. The number of ether oxygens (including phenoxy) is 1. The van der Waals surface area contributed by atoms with E-state index in [1.165, 1.54) is 17.3 Å². The predicted octanol–water partition coefficient (Wildman–Crippen LogP) is 2.03. The van der Waals surface area contributed by atoms with Crippen LogP contribution < -0.4 is 5.32 Å². The van der Waals surface area contributed by atoms with Gasteiger partial charge in [-0.15, -0.1) is 10.2 Å². The molecule has 1 heterocycles. The van der Waals surface area contributed by atoms with E-state index >= 15 is 0 Å². The van der Waals surface area contributed by atoms with Gasteiger partial charge in [0.1, 0.15) is 12.2 Å². The lowest BCUT2D eigenvalue weighted by molar-refractivity contribution is -0.142. The molecule has 1 amide bonds. The Morgan fingerprint density at radius 3 is 2.62 bits per heavy atom. The molecule has 0 radical (unpaired) electrons. The molecule has 1 atom stereocenters. The quantitative estimate of drug-likeness (QED) is 0.560. The van der Waals surface area contributed by atoms with Crippen LogP contribution in [0.4, 0.5) is 0 Å². The highest BCUT2D eigenvalue weighted by Crippen LogP contribution is 2.21. The fourth-order valence-corrected chi connectivity index (χ4v) is 3.05. The van der Waals surface area contributed by atoms with Crippen LogP contribution in [0.25, 0.3) is 0 Å². The van der Waals surface area contributed by atoms with Crippen molar-refractivity contribution in [3.8, 4) is 0 Å². The van der Waals surface area contributed by atoms with Crippen molar-refractivity contribution in [1.29, 1.82) is 0 Å². The summed E-state index contributed by atoms with van der Waals surface area (Å²) in [6.07, 6.45) is 0.0614. The Balaban J connectivity index is 1.89. The Morgan fingerprint density at radius 2 is 1.96 bits per heavy atom. The zero-order valence-electron chi connectivity index (χ0n) is 15.5. The fraction of sp³-hybridized carbons (Fsp3) is 0.444. The number of amides is 1. The Hall–Kier alpha value is -2.35. The maximum absolute atomic E-state index is 12.3. The summed E-state index contributed by atoms with van der Waals surface area (Å²) in [5.41, 5.74) is 2.24. The zero-order valence-corrected chi connectivity index (χ0v) is 16.3. The van der Waals surface area contributed by atoms with Gasteiger partial charge in [-0.05, 0) is 26.3 Å². The number of nitrogens with one attached hydrogen (secondary N) is 1. The minimum absolute atomic E-state index is 0.0614. The van der Waals surface area contributed by atoms with Crippen LogP contribution in [0, 0.1) is 6.92 Å². The van der Waals surface area contributed by atoms with Gasteiger partial charge < -0.3 is 14.6 Å². The second-order valence-corrected chi connectivity index (χ2v) is 7.21. The maximum Gasteiger partial charge on any atom is 0.313 e. The molecule has 0 bridgehead atoms. The standard InChI is InChI=1S/C18H24N4O3S/c1-5-25-16(23)10-15-20-21-18(22(15)4)26-13(3)17(24)19-11-14-8-6-12(2)7-9-14/h6-9,13H,5,10-11H2,1-4H3,(H,19,24)/t13-/m0/s1. The van der Waals surface area contributed by atoms with E-state index in [1.807, 2.05) is 38.1 Å². The monoisotopic (exact) mass is 376 g/mol. The summed E-state index contributed by atoms with van der Waals surface area (Å²) in [5.74, 6) is 0.0900. The van der Waals surface area contributed by atoms with E-state index in [4.69, 9.17) is 4.74 Å². The molecule has 0 saturated heterocycles. The third-order valence-corrected chi connectivity index (χ3v) is 4.91. The Morgan fingerprint density at radius 1 is 1.27 bits per heavy atom. The highest BCUT2D eigenvalue weighted by molar-refractivity contribution is 8.00. The first-order chi connectivity index (χ1) is 12.4. The van der Waals surface area contributed by atoms with Crippen molar-refractivity contribution in [1.82, 2.24) is 20.1 Å². The molecule has 0 fully saturated rings. The number of rotatable bonds is 8. The number of hydrogen-bond acceptors (Lipinski definition) is 6. The molecule has 0 aliphatic rings. The lowest BCUT2D eigenvalue weighted by Crippen LogP contribution is -2.30. The van der Waals surface area contributed by atoms with Gasteiger partial charge in [-0.2, -0.15) is 0 Å². The molecule has 7 nitrogen and oxygen atoms in total. The van der Waals surface area contributed by atoms with Crippen LogP contribution in [0.2, 0.25) is 0 Å². The van der Waals surface area contributed by atoms with E-state index < -0.39 is 0 Å². The van der Waals surface area contributed by atoms with Crippen molar-refractivity contribution in [2.45, 2.75) is 44.1 Å². The zero-order chi connectivity index (χ0) is 19.1. The molecule has 2 aromatic rings. The van der Waals surface area contributed by atoms with Crippen molar-refractivity contribution in [2.24, 2.45) is 7.05 Å². The fourth-order valence-electron chi connectivity index (χ4n) is 2.19. The van der Waals surface area contributed by atoms with E-state index in [-0.39, 0.29) is 23.5 Å². The molecule has 8 heteroatoms. The summed E-state index contributed by atoms with van der Waals surface area (Å²) in [7, 11) is 1.77. The third kappa shape index (κ3) is 5.59. The molecule has 2 rings (SSSR count). The normalized spacial score (nSPS) is 11.8. The van der Waals surface area contributed by atoms with Crippen molar-refractivity contribution in [3.63, 3.8) is 0 Å². The molecule has 26 heavy (non-hydrogen) atoms. The van der Waals surface area contributed by atoms with Crippen molar-refractivity contribution < 1.29 is 14.3 Å². The van der Waals surface area contributed by atoms with Crippen LogP contribution in [0.3, 0.4) is 0 Å². The van der Waals surface area contributed by atoms with Gasteiger partial charge in [-0.25, -0.2) is 0 Å². The lowest BCUT2D eigenvalue weighted by Gasteiger charge is -2.12. The van der Waals surface area contributed by atoms with E-state index in [1.54, 1.807) is 18.5 Å². The highest BCUT2D eigenvalue weighted by Gasteiger charge is 2.19. The molecule has 1 aromatic heterocycles. The number of thioether (sulfide) groups is 1. The summed E-state index contributed by atoms with van der Waals surface area (Å²) in [6.45, 7) is 6.41. The molecule has 0 aliphatic carbocycles. The van der Waals surface area contributed by atoms with Crippen LogP contribution in [-0.2, 0) is 34.3 Å². The summed E-state index contributed by atoms with van der Waals surface area (Å²) >= 11 is 1.30.